The summed E-state index contributed by atoms with van der Waals surface area (Å²) in [7, 11) is 2.31. The first-order valence-corrected chi connectivity index (χ1v) is 9.09. The molecule has 0 atom stereocenters. The molecule has 0 aliphatic carbocycles. The number of halogens is 1. The van der Waals surface area contributed by atoms with Crippen molar-refractivity contribution in [3.8, 4) is 5.75 Å². The van der Waals surface area contributed by atoms with Crippen molar-refractivity contribution in [3.63, 3.8) is 0 Å². The molecule has 1 fully saturated rings. The molecular formula is C11H13IN2O5S. The standard InChI is InChI=1S/C11H13IN2O5S/c1-17-11(16)8-7-14(13-2-4-18-5-3-13)10(15)6-9(8)19-20-12/h6-7H,2-5H2,1H3. The van der Waals surface area contributed by atoms with E-state index < -0.39 is 5.97 Å². The normalized spacial score (nSPS) is 15.0. The van der Waals surface area contributed by atoms with Crippen molar-refractivity contribution < 1.29 is 18.5 Å². The molecule has 0 saturated carbocycles. The number of carbonyl (C=O) groups is 1. The van der Waals surface area contributed by atoms with E-state index in [1.807, 2.05) is 26.2 Å². The zero-order chi connectivity index (χ0) is 14.5. The average Bonchev–Trinajstić information content (AvgIpc) is 2.48. The van der Waals surface area contributed by atoms with E-state index in [1.165, 1.54) is 24.0 Å². The van der Waals surface area contributed by atoms with Crippen LogP contribution in [0.1, 0.15) is 10.4 Å². The SMILES string of the molecule is COC(=O)c1cn(N2CCOCC2)c(=O)cc1OSI. The number of morpholine rings is 1. The number of aromatic nitrogens is 1. The molecular weight excluding hydrogens is 399 g/mol. The summed E-state index contributed by atoms with van der Waals surface area (Å²) >= 11 is 1.91. The lowest BCUT2D eigenvalue weighted by atomic mass is 10.2. The maximum absolute atomic E-state index is 12.1. The van der Waals surface area contributed by atoms with Crippen LogP contribution in [0.5, 0.6) is 5.75 Å². The van der Waals surface area contributed by atoms with Gasteiger partial charge in [0.1, 0.15) is 14.8 Å². The number of nitrogens with zero attached hydrogens (tertiary/aromatic N) is 2. The van der Waals surface area contributed by atoms with Crippen LogP contribution in [0.2, 0.25) is 0 Å². The number of ether oxygens (including phenoxy) is 2. The van der Waals surface area contributed by atoms with E-state index in [0.717, 1.165) is 9.21 Å². The van der Waals surface area contributed by atoms with E-state index in [-0.39, 0.29) is 16.9 Å². The second-order valence-electron chi connectivity index (χ2n) is 3.94. The molecule has 0 N–H and O–H groups in total. The van der Waals surface area contributed by atoms with Crippen molar-refractivity contribution in [2.24, 2.45) is 0 Å². The Bertz CT molecular complexity index is 544. The maximum Gasteiger partial charge on any atom is 0.343 e. The molecule has 1 aliphatic rings. The van der Waals surface area contributed by atoms with Crippen LogP contribution in [0.25, 0.3) is 0 Å². The van der Waals surface area contributed by atoms with Crippen molar-refractivity contribution in [2.75, 3.05) is 38.4 Å². The number of methoxy groups -OCH3 is 1. The number of pyridine rings is 1. The third kappa shape index (κ3) is 3.38. The highest BCUT2D eigenvalue weighted by atomic mass is 127. The van der Waals surface area contributed by atoms with Gasteiger partial charge in [-0.1, -0.05) is 0 Å². The molecule has 7 nitrogen and oxygen atoms in total. The second-order valence-corrected chi connectivity index (χ2v) is 5.31. The Balaban J connectivity index is 2.42. The predicted octanol–water partition coefficient (Wildman–Crippen LogP) is 0.980. The molecule has 0 spiro atoms. The van der Waals surface area contributed by atoms with Crippen LogP contribution in [0.3, 0.4) is 0 Å². The molecule has 0 bridgehead atoms. The van der Waals surface area contributed by atoms with Gasteiger partial charge in [-0.25, -0.2) is 9.47 Å². The molecule has 20 heavy (non-hydrogen) atoms. The minimum atomic E-state index is -0.549. The molecule has 1 aromatic heterocycles. The van der Waals surface area contributed by atoms with Crippen molar-refractivity contribution in [1.82, 2.24) is 4.68 Å². The molecule has 0 aromatic carbocycles. The summed E-state index contributed by atoms with van der Waals surface area (Å²) < 4.78 is 16.6. The van der Waals surface area contributed by atoms with E-state index in [1.54, 1.807) is 0 Å². The summed E-state index contributed by atoms with van der Waals surface area (Å²) in [6.45, 7) is 2.26. The van der Waals surface area contributed by atoms with Crippen molar-refractivity contribution in [3.05, 3.63) is 28.2 Å². The highest BCUT2D eigenvalue weighted by molar-refractivity contribution is 14.2. The first kappa shape index (κ1) is 15.4. The molecule has 0 unspecified atom stereocenters. The molecule has 1 saturated heterocycles. The monoisotopic (exact) mass is 412 g/mol. The first-order valence-electron chi connectivity index (χ1n) is 5.80. The van der Waals surface area contributed by atoms with Gasteiger partial charge in [0.05, 0.1) is 33.4 Å². The average molecular weight is 412 g/mol. The van der Waals surface area contributed by atoms with Crippen LogP contribution in [0.4, 0.5) is 0 Å². The number of esters is 1. The third-order valence-corrected chi connectivity index (χ3v) is 3.60. The van der Waals surface area contributed by atoms with Crippen molar-refractivity contribution in [1.29, 1.82) is 0 Å². The summed E-state index contributed by atoms with van der Waals surface area (Å²) in [4.78, 5) is 23.9. The minimum absolute atomic E-state index is 0.200. The second kappa shape index (κ2) is 7.18. The summed E-state index contributed by atoms with van der Waals surface area (Å²) in [6, 6.07) is 1.29. The van der Waals surface area contributed by atoms with E-state index >= 15 is 0 Å². The van der Waals surface area contributed by atoms with Gasteiger partial charge in [-0.2, -0.15) is 0 Å². The van der Waals surface area contributed by atoms with Crippen LogP contribution in [-0.4, -0.2) is 44.1 Å². The molecule has 0 amide bonds. The van der Waals surface area contributed by atoms with Crippen LogP contribution in [0.15, 0.2) is 17.1 Å². The summed E-state index contributed by atoms with van der Waals surface area (Å²) in [5, 5.41) is 1.82. The molecule has 2 rings (SSSR count). The molecule has 1 aliphatic heterocycles. The lowest BCUT2D eigenvalue weighted by Crippen LogP contribution is -2.48. The van der Waals surface area contributed by atoms with E-state index in [0.29, 0.717) is 26.3 Å². The van der Waals surface area contributed by atoms with Crippen LogP contribution in [0, 0.1) is 0 Å². The van der Waals surface area contributed by atoms with Crippen LogP contribution in [-0.2, 0) is 9.47 Å². The van der Waals surface area contributed by atoms with Gasteiger partial charge in [-0.15, -0.1) is 0 Å². The van der Waals surface area contributed by atoms with Crippen molar-refractivity contribution >= 4 is 36.4 Å². The number of hydrogen-bond donors (Lipinski definition) is 0. The topological polar surface area (TPSA) is 70.0 Å². The molecule has 0 radical (unpaired) electrons. The van der Waals surface area contributed by atoms with E-state index in [4.69, 9.17) is 13.7 Å². The van der Waals surface area contributed by atoms with Gasteiger partial charge in [0.15, 0.2) is 5.75 Å². The first-order chi connectivity index (χ1) is 9.67. The van der Waals surface area contributed by atoms with Gasteiger partial charge < -0.3 is 18.7 Å². The predicted molar refractivity (Wildman–Crippen MR) is 83.1 cm³/mol. The molecule has 2 heterocycles. The summed E-state index contributed by atoms with van der Waals surface area (Å²) in [6.07, 6.45) is 1.45. The van der Waals surface area contributed by atoms with Gasteiger partial charge in [-0.05, 0) is 0 Å². The Hall–Kier alpha value is -0.940. The highest BCUT2D eigenvalue weighted by Gasteiger charge is 2.20. The fraction of sp³-hybridized carbons (Fsp3) is 0.455. The fourth-order valence-electron chi connectivity index (χ4n) is 1.86. The lowest BCUT2D eigenvalue weighted by Gasteiger charge is -2.30. The highest BCUT2D eigenvalue weighted by Crippen LogP contribution is 2.24. The smallest absolute Gasteiger partial charge is 0.343 e. The minimum Gasteiger partial charge on any atom is -0.465 e. The molecule has 9 heteroatoms. The van der Waals surface area contributed by atoms with Gasteiger partial charge >= 0.3 is 5.97 Å². The Morgan fingerprint density at radius 2 is 2.15 bits per heavy atom. The fourth-order valence-corrected chi connectivity index (χ4v) is 2.65. The summed E-state index contributed by atoms with van der Waals surface area (Å²) in [5.41, 5.74) is -0.0530. The van der Waals surface area contributed by atoms with Gasteiger partial charge in [0.2, 0.25) is 0 Å². The molecule has 110 valence electrons. The van der Waals surface area contributed by atoms with Crippen LogP contribution >= 0.6 is 30.4 Å². The largest absolute Gasteiger partial charge is 0.465 e. The Labute approximate surface area is 131 Å². The molecule has 1 aromatic rings. The van der Waals surface area contributed by atoms with Gasteiger partial charge in [0.25, 0.3) is 5.56 Å². The van der Waals surface area contributed by atoms with Crippen molar-refractivity contribution in [2.45, 2.75) is 0 Å². The Morgan fingerprint density at radius 1 is 1.45 bits per heavy atom. The zero-order valence-corrected chi connectivity index (χ0v) is 13.7. The summed E-state index contributed by atoms with van der Waals surface area (Å²) in [5.74, 6) is -0.349. The quantitative estimate of drug-likeness (QED) is 0.415. The number of rotatable bonds is 4. The number of hydrogen-bond acceptors (Lipinski definition) is 7. The zero-order valence-electron chi connectivity index (χ0n) is 10.7. The maximum atomic E-state index is 12.1. The van der Waals surface area contributed by atoms with E-state index in [2.05, 4.69) is 0 Å². The lowest BCUT2D eigenvalue weighted by molar-refractivity contribution is 0.0597. The Kier molecular flexibility index (Phi) is 5.54. The third-order valence-electron chi connectivity index (χ3n) is 2.82. The number of carbonyl (C=O) groups excluding carboxylic acids is 1. The van der Waals surface area contributed by atoms with Crippen LogP contribution < -0.4 is 14.8 Å². The van der Waals surface area contributed by atoms with Gasteiger partial charge in [-0.3, -0.25) is 4.79 Å². The van der Waals surface area contributed by atoms with E-state index in [9.17, 15) is 9.59 Å². The Morgan fingerprint density at radius 3 is 2.75 bits per heavy atom. The van der Waals surface area contributed by atoms with Gasteiger partial charge in [0, 0.05) is 33.5 Å².